The van der Waals surface area contributed by atoms with Crippen LogP contribution in [0.25, 0.3) is 0 Å². The zero-order chi connectivity index (χ0) is 13.3. The summed E-state index contributed by atoms with van der Waals surface area (Å²) < 4.78 is 0. The van der Waals surface area contributed by atoms with Gasteiger partial charge in [0.2, 0.25) is 0 Å². The minimum Gasteiger partial charge on any atom is -0.323 e. The molecule has 18 heavy (non-hydrogen) atoms. The quantitative estimate of drug-likeness (QED) is 0.383. The summed E-state index contributed by atoms with van der Waals surface area (Å²) in [6.07, 6.45) is 0.562. The minimum absolute atomic E-state index is 0.180. The van der Waals surface area contributed by atoms with E-state index >= 15 is 0 Å². The molecule has 0 bridgehead atoms. The van der Waals surface area contributed by atoms with Gasteiger partial charge in [-0.3, -0.25) is 9.59 Å². The molecular formula is C14H16N2O2. The molecule has 4 nitrogen and oxygen atoms in total. The van der Waals surface area contributed by atoms with Gasteiger partial charge in [0.15, 0.2) is 11.6 Å². The van der Waals surface area contributed by atoms with E-state index in [9.17, 15) is 9.59 Å². The van der Waals surface area contributed by atoms with Crippen LogP contribution >= 0.6 is 0 Å². The molecule has 0 unspecified atom stereocenters. The third-order valence-electron chi connectivity index (χ3n) is 3.10. The number of hydrazone groups is 1. The molecule has 0 amide bonds. The van der Waals surface area contributed by atoms with E-state index in [1.807, 2.05) is 13.8 Å². The molecule has 1 aliphatic carbocycles. The molecule has 0 radical (unpaired) electrons. The van der Waals surface area contributed by atoms with Gasteiger partial charge in [-0.05, 0) is 12.3 Å². The number of hydrogen-bond donors (Lipinski definition) is 1. The lowest BCUT2D eigenvalue weighted by atomic mass is 9.91. The van der Waals surface area contributed by atoms with E-state index in [0.29, 0.717) is 29.2 Å². The first-order valence-corrected chi connectivity index (χ1v) is 6.00. The number of nitrogens with two attached hydrogens (primary N) is 1. The topological polar surface area (TPSA) is 72.5 Å². The van der Waals surface area contributed by atoms with Gasteiger partial charge in [0.1, 0.15) is 5.92 Å². The van der Waals surface area contributed by atoms with Gasteiger partial charge in [-0.25, -0.2) is 0 Å². The molecule has 2 rings (SSSR count). The van der Waals surface area contributed by atoms with Crippen LogP contribution < -0.4 is 5.84 Å². The number of benzene rings is 1. The highest BCUT2D eigenvalue weighted by molar-refractivity contribution is 6.36. The van der Waals surface area contributed by atoms with Crippen molar-refractivity contribution in [1.82, 2.24) is 0 Å². The Morgan fingerprint density at radius 3 is 2.11 bits per heavy atom. The summed E-state index contributed by atoms with van der Waals surface area (Å²) in [5, 5.41) is 3.67. The Hall–Kier alpha value is -1.97. The first kappa shape index (κ1) is 12.5. The summed E-state index contributed by atoms with van der Waals surface area (Å²) >= 11 is 0. The molecule has 0 saturated heterocycles. The molecule has 1 aromatic rings. The number of ketones is 2. The lowest BCUT2D eigenvalue weighted by Crippen LogP contribution is -2.27. The number of nitrogens with zero attached hydrogens (tertiary/aromatic N) is 1. The van der Waals surface area contributed by atoms with Gasteiger partial charge in [0.05, 0.1) is 5.71 Å². The van der Waals surface area contributed by atoms with Crippen molar-refractivity contribution in [2.45, 2.75) is 20.3 Å². The third kappa shape index (κ3) is 1.94. The number of carbonyl (C=O) groups excluding carboxylic acids is 2. The van der Waals surface area contributed by atoms with Gasteiger partial charge in [0, 0.05) is 11.1 Å². The smallest absolute Gasteiger partial charge is 0.180 e. The number of carbonyl (C=O) groups is 2. The lowest BCUT2D eigenvalue weighted by Gasteiger charge is -2.12. The van der Waals surface area contributed by atoms with Gasteiger partial charge < -0.3 is 5.84 Å². The van der Waals surface area contributed by atoms with E-state index in [1.165, 1.54) is 0 Å². The van der Waals surface area contributed by atoms with Gasteiger partial charge in [0.25, 0.3) is 0 Å². The molecule has 1 aromatic carbocycles. The normalized spacial score (nSPS) is 16.5. The van der Waals surface area contributed by atoms with Crippen molar-refractivity contribution in [1.29, 1.82) is 0 Å². The Bertz CT molecular complexity index is 497. The van der Waals surface area contributed by atoms with E-state index in [1.54, 1.807) is 24.3 Å². The molecule has 0 spiro atoms. The van der Waals surface area contributed by atoms with Crippen molar-refractivity contribution in [3.63, 3.8) is 0 Å². The van der Waals surface area contributed by atoms with Gasteiger partial charge in [-0.2, -0.15) is 5.10 Å². The van der Waals surface area contributed by atoms with Gasteiger partial charge in [-0.1, -0.05) is 38.1 Å². The van der Waals surface area contributed by atoms with Crippen LogP contribution in [0.3, 0.4) is 0 Å². The van der Waals surface area contributed by atoms with E-state index < -0.39 is 5.92 Å². The fourth-order valence-electron chi connectivity index (χ4n) is 2.31. The van der Waals surface area contributed by atoms with Crippen molar-refractivity contribution >= 4 is 17.3 Å². The number of rotatable bonds is 3. The summed E-state index contributed by atoms with van der Waals surface area (Å²) in [6.45, 7) is 4.00. The van der Waals surface area contributed by atoms with E-state index in [-0.39, 0.29) is 11.6 Å². The van der Waals surface area contributed by atoms with Crippen LogP contribution in [-0.2, 0) is 0 Å². The predicted molar refractivity (Wildman–Crippen MR) is 69.7 cm³/mol. The lowest BCUT2D eigenvalue weighted by molar-refractivity contribution is 0.0882. The van der Waals surface area contributed by atoms with Crippen LogP contribution in [0, 0.1) is 11.8 Å². The second-order valence-electron chi connectivity index (χ2n) is 4.93. The third-order valence-corrected chi connectivity index (χ3v) is 3.10. The molecule has 0 aromatic heterocycles. The maximum atomic E-state index is 12.2. The Labute approximate surface area is 106 Å². The van der Waals surface area contributed by atoms with Crippen molar-refractivity contribution in [3.05, 3.63) is 35.4 Å². The molecule has 1 aliphatic rings. The summed E-state index contributed by atoms with van der Waals surface area (Å²) in [4.78, 5) is 24.5. The largest absolute Gasteiger partial charge is 0.323 e. The Kier molecular flexibility index (Phi) is 3.28. The zero-order valence-electron chi connectivity index (χ0n) is 10.5. The fraction of sp³-hybridized carbons (Fsp3) is 0.357. The number of fused-ring (bicyclic) bond motifs is 1. The molecule has 0 atom stereocenters. The molecule has 0 saturated carbocycles. The van der Waals surface area contributed by atoms with Gasteiger partial charge >= 0.3 is 0 Å². The van der Waals surface area contributed by atoms with Crippen molar-refractivity contribution < 1.29 is 9.59 Å². The van der Waals surface area contributed by atoms with Crippen molar-refractivity contribution in [3.8, 4) is 0 Å². The summed E-state index contributed by atoms with van der Waals surface area (Å²) in [5.41, 5.74) is 1.45. The first-order chi connectivity index (χ1) is 8.56. The SMILES string of the molecule is CC(C)CC(=NN)C1C(=O)c2ccccc2C1=O. The van der Waals surface area contributed by atoms with E-state index in [4.69, 9.17) is 5.84 Å². The fourth-order valence-corrected chi connectivity index (χ4v) is 2.31. The minimum atomic E-state index is -0.810. The highest BCUT2D eigenvalue weighted by Crippen LogP contribution is 2.29. The average molecular weight is 244 g/mol. The maximum Gasteiger partial charge on any atom is 0.180 e. The predicted octanol–water partition coefficient (Wildman–Crippen LogP) is 2.04. The van der Waals surface area contributed by atoms with Crippen LogP contribution in [0.1, 0.15) is 41.0 Å². The molecule has 0 heterocycles. The monoisotopic (exact) mass is 244 g/mol. The van der Waals surface area contributed by atoms with Gasteiger partial charge in [-0.15, -0.1) is 0 Å². The standard InChI is InChI=1S/C14H16N2O2/c1-8(2)7-11(16-15)12-13(17)9-5-3-4-6-10(9)14(12)18/h3-6,8,12H,7,15H2,1-2H3. The molecule has 94 valence electrons. The highest BCUT2D eigenvalue weighted by Gasteiger charge is 2.41. The maximum absolute atomic E-state index is 12.2. The first-order valence-electron chi connectivity index (χ1n) is 6.00. The van der Waals surface area contributed by atoms with E-state index in [2.05, 4.69) is 5.10 Å². The molecular weight excluding hydrogens is 228 g/mol. The summed E-state index contributed by atoms with van der Waals surface area (Å²) in [6, 6.07) is 6.88. The molecule has 2 N–H and O–H groups in total. The van der Waals surface area contributed by atoms with Crippen molar-refractivity contribution in [2.75, 3.05) is 0 Å². The van der Waals surface area contributed by atoms with Crippen LogP contribution in [0.2, 0.25) is 0 Å². The zero-order valence-corrected chi connectivity index (χ0v) is 10.5. The average Bonchev–Trinajstić information content (AvgIpc) is 2.60. The molecule has 0 aliphatic heterocycles. The van der Waals surface area contributed by atoms with E-state index in [0.717, 1.165) is 0 Å². The number of Topliss-reactive ketones (excluding diaryl/α,β-unsaturated/α-hetero) is 2. The summed E-state index contributed by atoms with van der Waals surface area (Å²) in [5.74, 6) is 4.48. The summed E-state index contributed by atoms with van der Waals surface area (Å²) in [7, 11) is 0. The number of hydrogen-bond acceptors (Lipinski definition) is 4. The molecule has 4 heteroatoms. The van der Waals surface area contributed by atoms with Crippen LogP contribution in [0.5, 0.6) is 0 Å². The Balaban J connectivity index is 2.39. The van der Waals surface area contributed by atoms with Crippen LogP contribution in [-0.4, -0.2) is 17.3 Å². The van der Waals surface area contributed by atoms with Crippen LogP contribution in [0.4, 0.5) is 0 Å². The Morgan fingerprint density at radius 2 is 1.72 bits per heavy atom. The Morgan fingerprint density at radius 1 is 1.22 bits per heavy atom. The van der Waals surface area contributed by atoms with Crippen LogP contribution in [0.15, 0.2) is 29.4 Å². The molecule has 0 fully saturated rings. The van der Waals surface area contributed by atoms with Crippen molar-refractivity contribution in [2.24, 2.45) is 22.8 Å². The second-order valence-corrected chi connectivity index (χ2v) is 4.93. The highest BCUT2D eigenvalue weighted by atomic mass is 16.2. The second kappa shape index (κ2) is 4.72.